The Balaban J connectivity index is 2.31. The summed E-state index contributed by atoms with van der Waals surface area (Å²) in [5.41, 5.74) is 4.47. The monoisotopic (exact) mass is 276 g/mol. The quantitative estimate of drug-likeness (QED) is 0.615. The number of hydrogen-bond donors (Lipinski definition) is 1. The zero-order valence-corrected chi connectivity index (χ0v) is 13.8. The van der Waals surface area contributed by atoms with Crippen molar-refractivity contribution in [3.8, 4) is 0 Å². The molecule has 1 N–H and O–H groups in total. The molecule has 1 nitrogen and oxygen atoms in total. The van der Waals surface area contributed by atoms with Crippen LogP contribution in [0.3, 0.4) is 0 Å². The highest BCUT2D eigenvalue weighted by Crippen LogP contribution is 2.31. The molecule has 0 aromatic rings. The van der Waals surface area contributed by atoms with E-state index in [1.807, 2.05) is 0 Å². The summed E-state index contributed by atoms with van der Waals surface area (Å²) in [6, 6.07) is 0. The second-order valence-corrected chi connectivity index (χ2v) is 6.63. The zero-order chi connectivity index (χ0) is 15.0. The molecule has 0 unspecified atom stereocenters. The van der Waals surface area contributed by atoms with Gasteiger partial charge in [0.25, 0.3) is 0 Å². The van der Waals surface area contributed by atoms with Crippen molar-refractivity contribution < 1.29 is 5.11 Å². The molecule has 1 heteroatoms. The van der Waals surface area contributed by atoms with E-state index in [2.05, 4.69) is 45.9 Å². The number of hydrogen-bond acceptors (Lipinski definition) is 1. The maximum atomic E-state index is 9.39. The lowest BCUT2D eigenvalue weighted by molar-refractivity contribution is 0.175. The molecule has 0 fully saturated rings. The van der Waals surface area contributed by atoms with Crippen LogP contribution >= 0.6 is 0 Å². The lowest BCUT2D eigenvalue weighted by Crippen LogP contribution is -2.19. The smallest absolute Gasteiger partial charge is 0.0464 e. The van der Waals surface area contributed by atoms with Crippen LogP contribution in [-0.2, 0) is 0 Å². The van der Waals surface area contributed by atoms with Crippen LogP contribution in [0.5, 0.6) is 0 Å². The van der Waals surface area contributed by atoms with Crippen molar-refractivity contribution in [1.82, 2.24) is 0 Å². The molecule has 0 spiro atoms. The standard InChI is InChI=1S/C19H32O/c1-15(2)7-5-8-16(3)9-6-10-18-12-11-17(4)19(13-18)14-20/h7,9,12,17,19-20H,5-6,8,10-11,13-14H2,1-4H3/b16-9+/t17-,19-/m1/s1. The summed E-state index contributed by atoms with van der Waals surface area (Å²) in [5.74, 6) is 1.13. The highest BCUT2D eigenvalue weighted by Gasteiger charge is 2.20. The van der Waals surface area contributed by atoms with E-state index in [0.29, 0.717) is 18.4 Å². The average molecular weight is 276 g/mol. The summed E-state index contributed by atoms with van der Waals surface area (Å²) in [7, 11) is 0. The highest BCUT2D eigenvalue weighted by atomic mass is 16.3. The molecule has 1 aliphatic carbocycles. The molecule has 0 saturated carbocycles. The minimum Gasteiger partial charge on any atom is -0.396 e. The predicted octanol–water partition coefficient (Wildman–Crippen LogP) is 5.42. The lowest BCUT2D eigenvalue weighted by atomic mass is 9.80. The lowest BCUT2D eigenvalue weighted by Gasteiger charge is -2.27. The number of aliphatic hydroxyl groups excluding tert-OH is 1. The van der Waals surface area contributed by atoms with E-state index in [4.69, 9.17) is 0 Å². The topological polar surface area (TPSA) is 20.2 Å². The number of rotatable bonds is 7. The molecule has 2 atom stereocenters. The van der Waals surface area contributed by atoms with Gasteiger partial charge in [-0.25, -0.2) is 0 Å². The van der Waals surface area contributed by atoms with Crippen LogP contribution in [0.1, 0.15) is 66.2 Å². The molecule has 0 aliphatic heterocycles. The minimum atomic E-state index is 0.343. The normalized spacial score (nSPS) is 23.4. The third-order valence-electron chi connectivity index (χ3n) is 4.39. The van der Waals surface area contributed by atoms with Crippen molar-refractivity contribution in [2.45, 2.75) is 66.2 Å². The molecule has 0 aromatic heterocycles. The molecule has 0 heterocycles. The Hall–Kier alpha value is -0.820. The maximum absolute atomic E-state index is 9.39. The van der Waals surface area contributed by atoms with Gasteiger partial charge in [0.2, 0.25) is 0 Å². The molecule has 0 amide bonds. The fourth-order valence-corrected chi connectivity index (χ4v) is 2.81. The first-order chi connectivity index (χ1) is 9.52. The second kappa shape index (κ2) is 9.18. The van der Waals surface area contributed by atoms with Crippen LogP contribution in [0.15, 0.2) is 34.9 Å². The minimum absolute atomic E-state index is 0.343. The van der Waals surface area contributed by atoms with E-state index < -0.39 is 0 Å². The summed E-state index contributed by atoms with van der Waals surface area (Å²) in [5, 5.41) is 9.39. The average Bonchev–Trinajstić information content (AvgIpc) is 2.40. The van der Waals surface area contributed by atoms with Crippen molar-refractivity contribution in [3.63, 3.8) is 0 Å². The van der Waals surface area contributed by atoms with E-state index >= 15 is 0 Å². The molecule has 0 bridgehead atoms. The largest absolute Gasteiger partial charge is 0.396 e. The Morgan fingerprint density at radius 2 is 2.00 bits per heavy atom. The van der Waals surface area contributed by atoms with Gasteiger partial charge in [0, 0.05) is 6.61 Å². The van der Waals surface area contributed by atoms with Crippen LogP contribution in [0.25, 0.3) is 0 Å². The fraction of sp³-hybridized carbons (Fsp3) is 0.684. The van der Waals surface area contributed by atoms with Gasteiger partial charge in [-0.2, -0.15) is 0 Å². The molecular formula is C19H32O. The van der Waals surface area contributed by atoms with Crippen molar-refractivity contribution in [2.24, 2.45) is 11.8 Å². The molecule has 0 aromatic carbocycles. The van der Waals surface area contributed by atoms with Gasteiger partial charge in [-0.05, 0) is 71.1 Å². The molecule has 20 heavy (non-hydrogen) atoms. The summed E-state index contributed by atoms with van der Waals surface area (Å²) in [4.78, 5) is 0. The van der Waals surface area contributed by atoms with Gasteiger partial charge >= 0.3 is 0 Å². The molecule has 0 saturated heterocycles. The molecule has 0 radical (unpaired) electrons. The van der Waals surface area contributed by atoms with Gasteiger partial charge in [0.1, 0.15) is 0 Å². The Morgan fingerprint density at radius 1 is 1.25 bits per heavy atom. The SMILES string of the molecule is CC(C)=CCC/C(C)=C/CCC1=CC[C@@H](C)[C@@H](CO)C1. The number of allylic oxidation sites excluding steroid dienone is 6. The first kappa shape index (κ1) is 17.2. The number of aliphatic hydroxyl groups is 1. The van der Waals surface area contributed by atoms with Crippen LogP contribution in [0.2, 0.25) is 0 Å². The predicted molar refractivity (Wildman–Crippen MR) is 88.7 cm³/mol. The van der Waals surface area contributed by atoms with Gasteiger partial charge in [0.05, 0.1) is 0 Å². The van der Waals surface area contributed by atoms with E-state index in [1.54, 1.807) is 5.57 Å². The first-order valence-corrected chi connectivity index (χ1v) is 8.10. The molecule has 114 valence electrons. The zero-order valence-electron chi connectivity index (χ0n) is 13.8. The van der Waals surface area contributed by atoms with E-state index in [-0.39, 0.29) is 0 Å². The Bertz CT molecular complexity index is 369. The summed E-state index contributed by atoms with van der Waals surface area (Å²) >= 11 is 0. The maximum Gasteiger partial charge on any atom is 0.0464 e. The van der Waals surface area contributed by atoms with Gasteiger partial charge in [-0.15, -0.1) is 0 Å². The summed E-state index contributed by atoms with van der Waals surface area (Å²) < 4.78 is 0. The van der Waals surface area contributed by atoms with Gasteiger partial charge in [-0.3, -0.25) is 0 Å². The Kier molecular flexibility index (Phi) is 7.91. The van der Waals surface area contributed by atoms with Crippen LogP contribution in [0.4, 0.5) is 0 Å². The van der Waals surface area contributed by atoms with Crippen molar-refractivity contribution >= 4 is 0 Å². The summed E-state index contributed by atoms with van der Waals surface area (Å²) in [6.45, 7) is 9.16. The molecule has 1 aliphatic rings. The van der Waals surface area contributed by atoms with Crippen molar-refractivity contribution in [3.05, 3.63) is 34.9 Å². The Morgan fingerprint density at radius 3 is 2.65 bits per heavy atom. The van der Waals surface area contributed by atoms with Crippen LogP contribution in [0, 0.1) is 11.8 Å². The van der Waals surface area contributed by atoms with Gasteiger partial charge in [0.15, 0.2) is 0 Å². The second-order valence-electron chi connectivity index (χ2n) is 6.63. The van der Waals surface area contributed by atoms with E-state index in [1.165, 1.54) is 24.0 Å². The van der Waals surface area contributed by atoms with Crippen LogP contribution < -0.4 is 0 Å². The van der Waals surface area contributed by atoms with Gasteiger partial charge < -0.3 is 5.11 Å². The van der Waals surface area contributed by atoms with Crippen molar-refractivity contribution in [2.75, 3.05) is 6.61 Å². The molecule has 1 rings (SSSR count). The third kappa shape index (κ3) is 6.56. The highest BCUT2D eigenvalue weighted by molar-refractivity contribution is 5.10. The van der Waals surface area contributed by atoms with E-state index in [0.717, 1.165) is 25.7 Å². The Labute approximate surface area is 125 Å². The van der Waals surface area contributed by atoms with Gasteiger partial charge in [-0.1, -0.05) is 41.9 Å². The summed E-state index contributed by atoms with van der Waals surface area (Å²) in [6.07, 6.45) is 14.0. The van der Waals surface area contributed by atoms with Crippen LogP contribution in [-0.4, -0.2) is 11.7 Å². The van der Waals surface area contributed by atoms with Crippen molar-refractivity contribution in [1.29, 1.82) is 0 Å². The third-order valence-corrected chi connectivity index (χ3v) is 4.39. The van der Waals surface area contributed by atoms with E-state index in [9.17, 15) is 5.11 Å². The molecular weight excluding hydrogens is 244 g/mol. The first-order valence-electron chi connectivity index (χ1n) is 8.10. The fourth-order valence-electron chi connectivity index (χ4n) is 2.81.